The first kappa shape index (κ1) is 15.2. The SMILES string of the molecule is CN1CCC(C(N)C(C)(C)CN2CCNCC2)CC1. The molecule has 4 nitrogen and oxygen atoms in total. The van der Waals surface area contributed by atoms with Gasteiger partial charge in [-0.1, -0.05) is 13.8 Å². The second-order valence-electron chi connectivity index (χ2n) is 7.18. The van der Waals surface area contributed by atoms with Crippen molar-refractivity contribution in [2.45, 2.75) is 32.7 Å². The Kier molecular flexibility index (Phi) is 5.23. The Labute approximate surface area is 118 Å². The molecule has 0 amide bonds. The van der Waals surface area contributed by atoms with Crippen LogP contribution in [0.2, 0.25) is 0 Å². The Balaban J connectivity index is 1.86. The minimum Gasteiger partial charge on any atom is -0.327 e. The van der Waals surface area contributed by atoms with Gasteiger partial charge in [-0.05, 0) is 44.3 Å². The minimum atomic E-state index is 0.220. The van der Waals surface area contributed by atoms with E-state index in [2.05, 4.69) is 36.0 Å². The van der Waals surface area contributed by atoms with Crippen molar-refractivity contribution in [3.63, 3.8) is 0 Å². The number of nitrogens with zero attached hydrogens (tertiary/aromatic N) is 2. The van der Waals surface area contributed by atoms with Crippen LogP contribution < -0.4 is 11.1 Å². The van der Waals surface area contributed by atoms with Crippen molar-refractivity contribution in [3.05, 3.63) is 0 Å². The fourth-order valence-electron chi connectivity index (χ4n) is 3.58. The van der Waals surface area contributed by atoms with Crippen molar-refractivity contribution in [2.24, 2.45) is 17.1 Å². The molecule has 2 saturated heterocycles. The molecule has 2 heterocycles. The summed E-state index contributed by atoms with van der Waals surface area (Å²) in [5.74, 6) is 0.703. The molecular weight excluding hydrogens is 236 g/mol. The third-order valence-corrected chi connectivity index (χ3v) is 5.01. The highest BCUT2D eigenvalue weighted by Crippen LogP contribution is 2.31. The molecule has 0 aliphatic carbocycles. The predicted molar refractivity (Wildman–Crippen MR) is 81.3 cm³/mol. The highest BCUT2D eigenvalue weighted by Gasteiger charge is 2.35. The topological polar surface area (TPSA) is 44.5 Å². The number of piperidine rings is 1. The summed E-state index contributed by atoms with van der Waals surface area (Å²) in [7, 11) is 2.22. The molecule has 2 rings (SSSR count). The molecule has 3 N–H and O–H groups in total. The van der Waals surface area contributed by atoms with Crippen LogP contribution in [0, 0.1) is 11.3 Å². The van der Waals surface area contributed by atoms with E-state index in [4.69, 9.17) is 5.73 Å². The number of hydrogen-bond donors (Lipinski definition) is 2. The molecule has 0 aromatic heterocycles. The Morgan fingerprint density at radius 1 is 1.16 bits per heavy atom. The van der Waals surface area contributed by atoms with Crippen LogP contribution in [0.1, 0.15) is 26.7 Å². The van der Waals surface area contributed by atoms with Gasteiger partial charge in [0.1, 0.15) is 0 Å². The van der Waals surface area contributed by atoms with Gasteiger partial charge in [0.25, 0.3) is 0 Å². The third-order valence-electron chi connectivity index (χ3n) is 5.01. The van der Waals surface area contributed by atoms with Gasteiger partial charge in [0, 0.05) is 38.8 Å². The molecule has 2 aliphatic heterocycles. The van der Waals surface area contributed by atoms with Crippen LogP contribution in [0.4, 0.5) is 0 Å². The Morgan fingerprint density at radius 3 is 2.32 bits per heavy atom. The van der Waals surface area contributed by atoms with Gasteiger partial charge < -0.3 is 20.9 Å². The summed E-state index contributed by atoms with van der Waals surface area (Å²) in [4.78, 5) is 5.00. The van der Waals surface area contributed by atoms with Gasteiger partial charge in [0.15, 0.2) is 0 Å². The van der Waals surface area contributed by atoms with Crippen LogP contribution in [0.25, 0.3) is 0 Å². The second kappa shape index (κ2) is 6.53. The van der Waals surface area contributed by atoms with E-state index in [1.807, 2.05) is 0 Å². The number of hydrogen-bond acceptors (Lipinski definition) is 4. The zero-order valence-electron chi connectivity index (χ0n) is 13.0. The maximum Gasteiger partial charge on any atom is 0.0132 e. The molecule has 4 heteroatoms. The lowest BCUT2D eigenvalue weighted by molar-refractivity contribution is 0.0910. The highest BCUT2D eigenvalue weighted by atomic mass is 15.2. The van der Waals surface area contributed by atoms with E-state index in [0.717, 1.165) is 19.6 Å². The molecule has 0 saturated carbocycles. The number of piperazine rings is 1. The van der Waals surface area contributed by atoms with Crippen LogP contribution in [-0.2, 0) is 0 Å². The molecule has 1 unspecified atom stereocenters. The smallest absolute Gasteiger partial charge is 0.0132 e. The Bertz CT molecular complexity index is 265. The minimum absolute atomic E-state index is 0.220. The van der Waals surface area contributed by atoms with Gasteiger partial charge >= 0.3 is 0 Å². The van der Waals surface area contributed by atoms with Gasteiger partial charge in [-0.25, -0.2) is 0 Å². The molecular formula is C15H32N4. The first-order valence-electron chi connectivity index (χ1n) is 7.86. The van der Waals surface area contributed by atoms with Crippen molar-refractivity contribution >= 4 is 0 Å². The third kappa shape index (κ3) is 4.15. The lowest BCUT2D eigenvalue weighted by Gasteiger charge is -2.43. The normalized spacial score (nSPS) is 26.5. The van der Waals surface area contributed by atoms with E-state index >= 15 is 0 Å². The lowest BCUT2D eigenvalue weighted by atomic mass is 9.74. The van der Waals surface area contributed by atoms with E-state index < -0.39 is 0 Å². The lowest BCUT2D eigenvalue weighted by Crippen LogP contribution is -2.54. The molecule has 2 fully saturated rings. The average molecular weight is 268 g/mol. The second-order valence-corrected chi connectivity index (χ2v) is 7.18. The monoisotopic (exact) mass is 268 g/mol. The number of nitrogens with one attached hydrogen (secondary N) is 1. The average Bonchev–Trinajstić information content (AvgIpc) is 2.39. The zero-order chi connectivity index (χ0) is 13.9. The van der Waals surface area contributed by atoms with E-state index in [1.165, 1.54) is 39.0 Å². The van der Waals surface area contributed by atoms with Gasteiger partial charge in [0.2, 0.25) is 0 Å². The quantitative estimate of drug-likeness (QED) is 0.783. The van der Waals surface area contributed by atoms with Crippen LogP contribution in [0.15, 0.2) is 0 Å². The summed E-state index contributed by atoms with van der Waals surface area (Å²) in [6, 6.07) is 0.330. The summed E-state index contributed by atoms with van der Waals surface area (Å²) in [6.07, 6.45) is 2.53. The van der Waals surface area contributed by atoms with Gasteiger partial charge in [-0.2, -0.15) is 0 Å². The summed E-state index contributed by atoms with van der Waals surface area (Å²) < 4.78 is 0. The van der Waals surface area contributed by atoms with E-state index in [-0.39, 0.29) is 5.41 Å². The molecule has 0 aromatic carbocycles. The molecule has 112 valence electrons. The molecule has 19 heavy (non-hydrogen) atoms. The van der Waals surface area contributed by atoms with Crippen LogP contribution in [0.5, 0.6) is 0 Å². The van der Waals surface area contributed by atoms with E-state index in [0.29, 0.717) is 12.0 Å². The number of rotatable bonds is 4. The molecule has 2 aliphatic rings. The maximum atomic E-state index is 6.63. The number of likely N-dealkylation sites (tertiary alicyclic amines) is 1. The van der Waals surface area contributed by atoms with Crippen molar-refractivity contribution < 1.29 is 0 Å². The fourth-order valence-corrected chi connectivity index (χ4v) is 3.58. The van der Waals surface area contributed by atoms with Gasteiger partial charge in [-0.15, -0.1) is 0 Å². The Morgan fingerprint density at radius 2 is 1.74 bits per heavy atom. The Hall–Kier alpha value is -0.160. The first-order chi connectivity index (χ1) is 8.99. The van der Waals surface area contributed by atoms with E-state index in [9.17, 15) is 0 Å². The van der Waals surface area contributed by atoms with Crippen LogP contribution in [-0.4, -0.2) is 68.7 Å². The molecule has 0 bridgehead atoms. The largest absolute Gasteiger partial charge is 0.327 e. The first-order valence-corrected chi connectivity index (χ1v) is 7.86. The summed E-state index contributed by atoms with van der Waals surface area (Å²) in [5.41, 5.74) is 6.85. The van der Waals surface area contributed by atoms with Gasteiger partial charge in [0.05, 0.1) is 0 Å². The highest BCUT2D eigenvalue weighted by molar-refractivity contribution is 4.91. The number of nitrogens with two attached hydrogens (primary N) is 1. The van der Waals surface area contributed by atoms with Crippen molar-refractivity contribution in [2.75, 3.05) is 52.9 Å². The van der Waals surface area contributed by atoms with Crippen molar-refractivity contribution in [1.82, 2.24) is 15.1 Å². The standard InChI is InChI=1S/C15H32N4/c1-15(2,12-19-10-6-17-7-11-19)14(16)13-4-8-18(3)9-5-13/h13-14,17H,4-12,16H2,1-3H3. The van der Waals surface area contributed by atoms with Gasteiger partial charge in [-0.3, -0.25) is 0 Å². The maximum absolute atomic E-state index is 6.63. The molecule has 0 radical (unpaired) electrons. The molecule has 1 atom stereocenters. The summed E-state index contributed by atoms with van der Waals surface area (Å²) in [5, 5.41) is 3.42. The summed E-state index contributed by atoms with van der Waals surface area (Å²) >= 11 is 0. The van der Waals surface area contributed by atoms with Crippen molar-refractivity contribution in [1.29, 1.82) is 0 Å². The van der Waals surface area contributed by atoms with Crippen LogP contribution >= 0.6 is 0 Å². The van der Waals surface area contributed by atoms with Crippen LogP contribution in [0.3, 0.4) is 0 Å². The van der Waals surface area contributed by atoms with Crippen molar-refractivity contribution in [3.8, 4) is 0 Å². The predicted octanol–water partition coefficient (Wildman–Crippen LogP) is 0.587. The zero-order valence-corrected chi connectivity index (χ0v) is 13.0. The molecule has 0 spiro atoms. The van der Waals surface area contributed by atoms with E-state index in [1.54, 1.807) is 0 Å². The fraction of sp³-hybridized carbons (Fsp3) is 1.00. The summed E-state index contributed by atoms with van der Waals surface area (Å²) in [6.45, 7) is 12.9. The molecule has 0 aromatic rings.